The van der Waals surface area contributed by atoms with Gasteiger partial charge in [-0.1, -0.05) is 11.6 Å². The van der Waals surface area contributed by atoms with Crippen LogP contribution in [0.2, 0.25) is 5.02 Å². The van der Waals surface area contributed by atoms with E-state index in [-0.39, 0.29) is 6.04 Å². The molecule has 8 heteroatoms. The third kappa shape index (κ3) is 2.49. The number of nitrogens with one attached hydrogen (secondary N) is 3. The number of halogens is 1. The molecular formula is C12H15ClN6O. The maximum absolute atomic E-state index is 6.10. The molecular weight excluding hydrogens is 280 g/mol. The van der Waals surface area contributed by atoms with Gasteiger partial charge in [0.15, 0.2) is 5.82 Å². The minimum absolute atomic E-state index is 0.178. The third-order valence-corrected chi connectivity index (χ3v) is 3.34. The molecule has 2 bridgehead atoms. The lowest BCUT2D eigenvalue weighted by molar-refractivity contribution is 0.294. The molecule has 20 heavy (non-hydrogen) atoms. The number of hydrogen-bond donors (Lipinski definition) is 3. The van der Waals surface area contributed by atoms with Crippen molar-refractivity contribution in [2.24, 2.45) is 0 Å². The average Bonchev–Trinajstić information content (AvgIpc) is 2.74. The van der Waals surface area contributed by atoms with Gasteiger partial charge in [-0.15, -0.1) is 5.10 Å². The number of aryl methyl sites for hydroxylation is 1. The Kier molecular flexibility index (Phi) is 3.35. The Morgan fingerprint density at radius 1 is 1.45 bits per heavy atom. The number of H-pyrrole nitrogens is 1. The molecule has 2 aromatic heterocycles. The number of rotatable bonds is 0. The van der Waals surface area contributed by atoms with Gasteiger partial charge in [-0.2, -0.15) is 4.98 Å². The van der Waals surface area contributed by atoms with Gasteiger partial charge in [0.1, 0.15) is 10.7 Å². The second kappa shape index (κ2) is 5.16. The molecule has 0 unspecified atom stereocenters. The molecule has 0 amide bonds. The van der Waals surface area contributed by atoms with Crippen LogP contribution in [0.25, 0.3) is 0 Å². The predicted octanol–water partition coefficient (Wildman–Crippen LogP) is 2.49. The summed E-state index contributed by atoms with van der Waals surface area (Å²) in [5.41, 5.74) is 1.60. The van der Waals surface area contributed by atoms with E-state index < -0.39 is 0 Å². The highest BCUT2D eigenvalue weighted by Gasteiger charge is 2.17. The zero-order valence-corrected chi connectivity index (χ0v) is 12.0. The second-order valence-electron chi connectivity index (χ2n) is 4.73. The molecule has 0 fully saturated rings. The minimum Gasteiger partial charge on any atom is -0.475 e. The fraction of sp³-hybridized carbons (Fsp3) is 0.417. The molecule has 0 saturated heterocycles. The van der Waals surface area contributed by atoms with Gasteiger partial charge in [0.05, 0.1) is 18.5 Å². The van der Waals surface area contributed by atoms with Crippen LogP contribution >= 0.6 is 11.6 Å². The van der Waals surface area contributed by atoms with Crippen molar-refractivity contribution in [1.82, 2.24) is 20.2 Å². The lowest BCUT2D eigenvalue weighted by atomic mass is 10.2. The Morgan fingerprint density at radius 3 is 3.15 bits per heavy atom. The van der Waals surface area contributed by atoms with Crippen LogP contribution in [0.4, 0.5) is 17.5 Å². The van der Waals surface area contributed by atoms with E-state index in [4.69, 9.17) is 16.3 Å². The van der Waals surface area contributed by atoms with E-state index in [1.807, 2.05) is 13.8 Å². The van der Waals surface area contributed by atoms with Crippen molar-refractivity contribution in [1.29, 1.82) is 0 Å². The summed E-state index contributed by atoms with van der Waals surface area (Å²) in [7, 11) is 0. The Labute approximate surface area is 121 Å². The summed E-state index contributed by atoms with van der Waals surface area (Å²) in [6.45, 7) is 4.50. The lowest BCUT2D eigenvalue weighted by Crippen LogP contribution is -2.19. The molecule has 1 aliphatic heterocycles. The Bertz CT molecular complexity index is 628. The van der Waals surface area contributed by atoms with E-state index >= 15 is 0 Å². The Balaban J connectivity index is 2.02. The van der Waals surface area contributed by atoms with Gasteiger partial charge in [-0.25, -0.2) is 4.98 Å². The van der Waals surface area contributed by atoms with E-state index in [0.29, 0.717) is 29.3 Å². The quantitative estimate of drug-likeness (QED) is 0.692. The van der Waals surface area contributed by atoms with Crippen LogP contribution in [0.1, 0.15) is 19.0 Å². The van der Waals surface area contributed by atoms with Crippen molar-refractivity contribution in [2.75, 3.05) is 17.2 Å². The maximum Gasteiger partial charge on any atom is 0.256 e. The van der Waals surface area contributed by atoms with Crippen molar-refractivity contribution in [3.05, 3.63) is 16.9 Å². The highest BCUT2D eigenvalue weighted by atomic mass is 35.5. The van der Waals surface area contributed by atoms with Gasteiger partial charge >= 0.3 is 0 Å². The molecule has 2 aromatic rings. The third-order valence-electron chi connectivity index (χ3n) is 3.07. The molecule has 1 atom stereocenters. The van der Waals surface area contributed by atoms with Gasteiger partial charge in [0.2, 0.25) is 5.95 Å². The summed E-state index contributed by atoms with van der Waals surface area (Å²) in [5.74, 6) is 1.58. The molecule has 0 spiro atoms. The molecule has 0 saturated carbocycles. The monoisotopic (exact) mass is 294 g/mol. The topological polar surface area (TPSA) is 87.8 Å². The van der Waals surface area contributed by atoms with Crippen molar-refractivity contribution in [3.8, 4) is 5.88 Å². The first-order valence-electron chi connectivity index (χ1n) is 6.37. The van der Waals surface area contributed by atoms with Gasteiger partial charge in [0.25, 0.3) is 5.88 Å². The number of aromatic amines is 1. The van der Waals surface area contributed by atoms with Crippen LogP contribution in [-0.4, -0.2) is 32.8 Å². The van der Waals surface area contributed by atoms with E-state index in [9.17, 15) is 0 Å². The van der Waals surface area contributed by atoms with Crippen molar-refractivity contribution in [2.45, 2.75) is 26.3 Å². The van der Waals surface area contributed by atoms with E-state index in [0.717, 1.165) is 17.8 Å². The molecule has 0 aliphatic carbocycles. The highest BCUT2D eigenvalue weighted by molar-refractivity contribution is 6.32. The van der Waals surface area contributed by atoms with Gasteiger partial charge < -0.3 is 15.4 Å². The summed E-state index contributed by atoms with van der Waals surface area (Å²) < 4.78 is 5.69. The largest absolute Gasteiger partial charge is 0.475 e. The minimum atomic E-state index is 0.178. The van der Waals surface area contributed by atoms with Gasteiger partial charge in [-0.05, 0) is 13.8 Å². The normalized spacial score (nSPS) is 18.1. The summed E-state index contributed by atoms with van der Waals surface area (Å²) in [4.78, 5) is 8.55. The van der Waals surface area contributed by atoms with Crippen LogP contribution < -0.4 is 15.4 Å². The van der Waals surface area contributed by atoms with Crippen LogP contribution in [0.3, 0.4) is 0 Å². The summed E-state index contributed by atoms with van der Waals surface area (Å²) in [6, 6.07) is 0.178. The van der Waals surface area contributed by atoms with Crippen molar-refractivity contribution in [3.63, 3.8) is 0 Å². The smallest absolute Gasteiger partial charge is 0.256 e. The molecule has 3 N–H and O–H groups in total. The fourth-order valence-corrected chi connectivity index (χ4v) is 2.08. The summed E-state index contributed by atoms with van der Waals surface area (Å²) >= 11 is 6.10. The van der Waals surface area contributed by atoms with Crippen LogP contribution in [0.15, 0.2) is 6.20 Å². The van der Waals surface area contributed by atoms with E-state index in [2.05, 4.69) is 30.8 Å². The fourth-order valence-electron chi connectivity index (χ4n) is 1.94. The predicted molar refractivity (Wildman–Crippen MR) is 76.8 cm³/mol. The first-order chi connectivity index (χ1) is 9.63. The van der Waals surface area contributed by atoms with Crippen LogP contribution in [0, 0.1) is 6.92 Å². The average molecular weight is 295 g/mol. The molecule has 1 aliphatic rings. The molecule has 3 heterocycles. The summed E-state index contributed by atoms with van der Waals surface area (Å²) in [6.07, 6.45) is 2.38. The SMILES string of the molecule is Cc1[nH]nc2c1Nc1ncc(Cl)c(n1)N[C@H](C)CCO2. The van der Waals surface area contributed by atoms with Gasteiger partial charge in [0, 0.05) is 12.5 Å². The molecule has 0 aromatic carbocycles. The van der Waals surface area contributed by atoms with E-state index in [1.54, 1.807) is 6.20 Å². The first-order valence-corrected chi connectivity index (χ1v) is 6.75. The zero-order valence-electron chi connectivity index (χ0n) is 11.2. The lowest BCUT2D eigenvalue weighted by Gasteiger charge is -2.14. The molecule has 106 valence electrons. The van der Waals surface area contributed by atoms with Gasteiger partial charge in [-0.3, -0.25) is 5.10 Å². The number of anilines is 3. The van der Waals surface area contributed by atoms with E-state index in [1.165, 1.54) is 0 Å². The van der Waals surface area contributed by atoms with Crippen molar-refractivity contribution < 1.29 is 4.74 Å². The number of hydrogen-bond acceptors (Lipinski definition) is 6. The highest BCUT2D eigenvalue weighted by Crippen LogP contribution is 2.30. The summed E-state index contributed by atoms with van der Waals surface area (Å²) in [5, 5.41) is 13.9. The van der Waals surface area contributed by atoms with Crippen LogP contribution in [-0.2, 0) is 0 Å². The number of ether oxygens (including phenoxy) is 1. The second-order valence-corrected chi connectivity index (χ2v) is 5.13. The number of aromatic nitrogens is 4. The molecule has 0 radical (unpaired) electrons. The Morgan fingerprint density at radius 2 is 2.30 bits per heavy atom. The number of nitrogens with zero attached hydrogens (tertiary/aromatic N) is 3. The first kappa shape index (κ1) is 13.0. The molecule has 7 nitrogen and oxygen atoms in total. The number of fused-ring (bicyclic) bond motifs is 3. The zero-order chi connectivity index (χ0) is 14.1. The molecule has 3 rings (SSSR count). The van der Waals surface area contributed by atoms with Crippen molar-refractivity contribution >= 4 is 29.1 Å². The maximum atomic E-state index is 6.10. The Hall–Kier alpha value is -2.02. The standard InChI is InChI=1S/C12H15ClN6O/c1-6-3-4-20-11-9(7(2)18-19-11)16-12-14-5-8(13)10(15-6)17-12/h5-6H,3-4H2,1-2H3,(H,18,19)(H2,14,15,16,17)/t6-/m1/s1. The van der Waals surface area contributed by atoms with Crippen LogP contribution in [0.5, 0.6) is 5.88 Å².